The first-order chi connectivity index (χ1) is 16.5. The van der Waals surface area contributed by atoms with Crippen LogP contribution in [-0.4, -0.2) is 35.3 Å². The number of thioether (sulfide) groups is 1. The van der Waals surface area contributed by atoms with Crippen molar-refractivity contribution in [2.45, 2.75) is 16.2 Å². The van der Waals surface area contributed by atoms with E-state index in [0.717, 1.165) is 21.4 Å². The van der Waals surface area contributed by atoms with E-state index in [1.807, 2.05) is 72.8 Å². The lowest BCUT2D eigenvalue weighted by molar-refractivity contribution is -0.123. The number of aromatic nitrogens is 1. The zero-order valence-corrected chi connectivity index (χ0v) is 18.9. The maximum atomic E-state index is 13.8. The molecular formula is C26H22N4O3S. The number of anilines is 1. The topological polar surface area (TPSA) is 108 Å². The van der Waals surface area contributed by atoms with Gasteiger partial charge in [-0.2, -0.15) is 0 Å². The number of carbonyl (C=O) groups excluding carboxylic acids is 3. The van der Waals surface area contributed by atoms with Gasteiger partial charge in [-0.1, -0.05) is 60.7 Å². The highest BCUT2D eigenvalue weighted by Gasteiger charge is 2.40. The minimum Gasteiger partial charge on any atom is -0.368 e. The van der Waals surface area contributed by atoms with Gasteiger partial charge >= 0.3 is 0 Å². The summed E-state index contributed by atoms with van der Waals surface area (Å²) in [5, 5.41) is 3.42. The number of benzene rings is 3. The van der Waals surface area contributed by atoms with E-state index in [4.69, 9.17) is 5.73 Å². The van der Waals surface area contributed by atoms with E-state index in [0.29, 0.717) is 11.4 Å². The smallest absolute Gasteiger partial charge is 0.268 e. The molecule has 7 nitrogen and oxygen atoms in total. The summed E-state index contributed by atoms with van der Waals surface area (Å²) in [5.74, 6) is -1.43. The third kappa shape index (κ3) is 4.15. The number of fused-ring (bicyclic) bond motifs is 2. The summed E-state index contributed by atoms with van der Waals surface area (Å²) in [6, 6.07) is 25.3. The number of aromatic amines is 1. The van der Waals surface area contributed by atoms with Crippen LogP contribution < -0.4 is 16.0 Å². The lowest BCUT2D eigenvalue weighted by Gasteiger charge is -2.28. The van der Waals surface area contributed by atoms with Crippen LogP contribution in [0.5, 0.6) is 0 Å². The zero-order valence-electron chi connectivity index (χ0n) is 18.1. The van der Waals surface area contributed by atoms with E-state index in [2.05, 4.69) is 10.3 Å². The van der Waals surface area contributed by atoms with E-state index < -0.39 is 29.0 Å². The van der Waals surface area contributed by atoms with Gasteiger partial charge in [0.25, 0.3) is 11.8 Å². The molecule has 4 N–H and O–H groups in total. The molecule has 0 bridgehead atoms. The van der Waals surface area contributed by atoms with Crippen molar-refractivity contribution >= 4 is 46.1 Å². The predicted molar refractivity (Wildman–Crippen MR) is 133 cm³/mol. The summed E-state index contributed by atoms with van der Waals surface area (Å²) in [4.78, 5) is 44.3. The maximum Gasteiger partial charge on any atom is 0.268 e. The standard InChI is InChI=1S/C26H22N4O3S/c27-22(31)15-30-20-12-6-7-13-21(20)34-24(16-8-2-1-3-9-16)23(26(30)33)29-25(32)19-14-17-10-4-5-11-18(17)28-19/h1-14,23-24,28H,15H2,(H2,27,31)(H,29,32)/t23-,24-/m0/s1. The summed E-state index contributed by atoms with van der Waals surface area (Å²) in [6.07, 6.45) is 0. The minimum absolute atomic E-state index is 0.281. The van der Waals surface area contributed by atoms with Crippen molar-refractivity contribution < 1.29 is 14.4 Å². The van der Waals surface area contributed by atoms with Crippen molar-refractivity contribution in [3.05, 3.63) is 96.2 Å². The van der Waals surface area contributed by atoms with Crippen LogP contribution in [-0.2, 0) is 9.59 Å². The molecule has 0 radical (unpaired) electrons. The van der Waals surface area contributed by atoms with E-state index >= 15 is 0 Å². The molecule has 2 heterocycles. The SMILES string of the molecule is NC(=O)CN1C(=O)[C@@H](NC(=O)c2cc3ccccc3[nH]2)[C@H](c2ccccc2)Sc2ccccc21. The van der Waals surface area contributed by atoms with Crippen LogP contribution in [0.15, 0.2) is 89.8 Å². The van der Waals surface area contributed by atoms with Crippen molar-refractivity contribution in [3.8, 4) is 0 Å². The van der Waals surface area contributed by atoms with Crippen LogP contribution in [0.4, 0.5) is 5.69 Å². The number of para-hydroxylation sites is 2. The summed E-state index contributed by atoms with van der Waals surface area (Å²) in [6.45, 7) is -0.281. The molecule has 0 saturated carbocycles. The first-order valence-electron chi connectivity index (χ1n) is 10.8. The molecule has 8 heteroatoms. The Morgan fingerprint density at radius 2 is 1.68 bits per heavy atom. The minimum atomic E-state index is -0.932. The lowest BCUT2D eigenvalue weighted by atomic mass is 10.0. The molecule has 0 saturated heterocycles. The van der Waals surface area contributed by atoms with Gasteiger partial charge in [0.1, 0.15) is 18.3 Å². The number of nitrogens with one attached hydrogen (secondary N) is 2. The molecular weight excluding hydrogens is 448 g/mol. The van der Waals surface area contributed by atoms with Crippen molar-refractivity contribution in [3.63, 3.8) is 0 Å². The van der Waals surface area contributed by atoms with Crippen LogP contribution in [0.3, 0.4) is 0 Å². The molecule has 1 aliphatic rings. The van der Waals surface area contributed by atoms with E-state index in [9.17, 15) is 14.4 Å². The number of primary amides is 1. The first kappa shape index (κ1) is 21.8. The van der Waals surface area contributed by atoms with Crippen molar-refractivity contribution in [2.24, 2.45) is 5.73 Å². The van der Waals surface area contributed by atoms with Gasteiger partial charge in [0.05, 0.1) is 10.9 Å². The highest BCUT2D eigenvalue weighted by molar-refractivity contribution is 7.99. The molecule has 3 aromatic carbocycles. The molecule has 0 unspecified atom stereocenters. The normalized spacial score (nSPS) is 17.8. The second-order valence-corrected chi connectivity index (χ2v) is 9.21. The number of H-pyrrole nitrogens is 1. The Morgan fingerprint density at radius 1 is 0.971 bits per heavy atom. The van der Waals surface area contributed by atoms with Gasteiger partial charge in [-0.25, -0.2) is 0 Å². The highest BCUT2D eigenvalue weighted by atomic mass is 32.2. The van der Waals surface area contributed by atoms with Crippen LogP contribution in [0, 0.1) is 0 Å². The molecule has 0 fully saturated rings. The molecule has 3 amide bonds. The van der Waals surface area contributed by atoms with E-state index in [1.165, 1.54) is 16.7 Å². The second kappa shape index (κ2) is 9.07. The van der Waals surface area contributed by atoms with Crippen LogP contribution in [0.25, 0.3) is 10.9 Å². The van der Waals surface area contributed by atoms with Gasteiger partial charge in [-0.3, -0.25) is 14.4 Å². The highest BCUT2D eigenvalue weighted by Crippen LogP contribution is 2.45. The first-order valence-corrected chi connectivity index (χ1v) is 11.7. The summed E-state index contributed by atoms with van der Waals surface area (Å²) < 4.78 is 0. The molecule has 2 atom stereocenters. The predicted octanol–water partition coefficient (Wildman–Crippen LogP) is 3.63. The van der Waals surface area contributed by atoms with Gasteiger partial charge in [0.15, 0.2) is 0 Å². The summed E-state index contributed by atoms with van der Waals surface area (Å²) in [7, 11) is 0. The van der Waals surface area contributed by atoms with Crippen molar-refractivity contribution in [2.75, 3.05) is 11.4 Å². The van der Waals surface area contributed by atoms with Crippen LogP contribution >= 0.6 is 11.8 Å². The largest absolute Gasteiger partial charge is 0.368 e. The number of hydrogen-bond acceptors (Lipinski definition) is 4. The molecule has 0 spiro atoms. The average Bonchev–Trinajstić information content (AvgIpc) is 3.25. The summed E-state index contributed by atoms with van der Waals surface area (Å²) >= 11 is 1.48. The van der Waals surface area contributed by atoms with Gasteiger partial charge in [0, 0.05) is 15.8 Å². The fraction of sp³-hybridized carbons (Fsp3) is 0.115. The number of nitrogens with two attached hydrogens (primary N) is 1. The Hall–Kier alpha value is -4.04. The third-order valence-electron chi connectivity index (χ3n) is 5.75. The fourth-order valence-electron chi connectivity index (χ4n) is 4.17. The molecule has 4 aromatic rings. The van der Waals surface area contributed by atoms with Crippen LogP contribution in [0.2, 0.25) is 0 Å². The zero-order chi connectivity index (χ0) is 23.7. The Balaban J connectivity index is 1.57. The average molecular weight is 471 g/mol. The second-order valence-electron chi connectivity index (χ2n) is 8.03. The Labute approximate surface area is 200 Å². The van der Waals surface area contributed by atoms with Gasteiger partial charge < -0.3 is 20.9 Å². The molecule has 0 aliphatic carbocycles. The van der Waals surface area contributed by atoms with E-state index in [-0.39, 0.29) is 6.54 Å². The fourth-order valence-corrected chi connectivity index (χ4v) is 5.52. The van der Waals surface area contributed by atoms with Crippen molar-refractivity contribution in [1.82, 2.24) is 10.3 Å². The summed E-state index contributed by atoms with van der Waals surface area (Å²) in [5.41, 5.74) is 8.16. The number of hydrogen-bond donors (Lipinski definition) is 3. The third-order valence-corrected chi connectivity index (χ3v) is 7.15. The Morgan fingerprint density at radius 3 is 2.44 bits per heavy atom. The van der Waals surface area contributed by atoms with Gasteiger partial charge in [-0.05, 0) is 29.8 Å². The van der Waals surface area contributed by atoms with Crippen LogP contribution in [0.1, 0.15) is 21.3 Å². The van der Waals surface area contributed by atoms with Crippen molar-refractivity contribution in [1.29, 1.82) is 0 Å². The molecule has 34 heavy (non-hydrogen) atoms. The maximum absolute atomic E-state index is 13.8. The molecule has 1 aliphatic heterocycles. The molecule has 5 rings (SSSR count). The number of amides is 3. The quantitative estimate of drug-likeness (QED) is 0.414. The van der Waals surface area contributed by atoms with Gasteiger partial charge in [0.2, 0.25) is 5.91 Å². The number of rotatable bonds is 5. The Bertz CT molecular complexity index is 1350. The number of nitrogens with zero attached hydrogens (tertiary/aromatic N) is 1. The number of carbonyl (C=O) groups is 3. The lowest BCUT2D eigenvalue weighted by Crippen LogP contribution is -2.52. The van der Waals surface area contributed by atoms with Gasteiger partial charge in [-0.15, -0.1) is 11.8 Å². The Kier molecular flexibility index (Phi) is 5.81. The molecule has 170 valence electrons. The van der Waals surface area contributed by atoms with E-state index in [1.54, 1.807) is 12.1 Å². The monoisotopic (exact) mass is 470 g/mol. The molecule has 1 aromatic heterocycles.